The summed E-state index contributed by atoms with van der Waals surface area (Å²) in [6.07, 6.45) is 0.447. The largest absolute Gasteiger partial charge is 1.00 e. The Balaban J connectivity index is 0. The van der Waals surface area contributed by atoms with Crippen LogP contribution in [0.2, 0.25) is 0 Å². The van der Waals surface area contributed by atoms with E-state index >= 15 is 0 Å². The van der Waals surface area contributed by atoms with E-state index in [9.17, 15) is 33.7 Å². The molecule has 2 rings (SSSR count). The fraction of sp³-hybridized carbons (Fsp3) is 0.750. The van der Waals surface area contributed by atoms with E-state index in [0.29, 0.717) is 10.2 Å². The fourth-order valence-electron chi connectivity index (χ4n) is 1.56. The van der Waals surface area contributed by atoms with E-state index in [-0.39, 0.29) is 110 Å². The van der Waals surface area contributed by atoms with E-state index in [1.807, 2.05) is 0 Å². The average Bonchev–Trinajstić information content (AvgIpc) is 2.09. The van der Waals surface area contributed by atoms with E-state index in [0.717, 1.165) is 0 Å². The molecule has 0 radical (unpaired) electrons. The van der Waals surface area contributed by atoms with Crippen LogP contribution in [0.5, 0.6) is 0 Å². The summed E-state index contributed by atoms with van der Waals surface area (Å²) < 4.78 is 85.1. The van der Waals surface area contributed by atoms with Crippen molar-refractivity contribution in [1.29, 1.82) is 0 Å². The van der Waals surface area contributed by atoms with Crippen LogP contribution in [0.15, 0.2) is 0 Å². The van der Waals surface area contributed by atoms with E-state index in [1.54, 1.807) is 0 Å². The topological polar surface area (TPSA) is 137 Å². The normalized spacial score (nSPS) is 26.9. The second-order valence-corrected chi connectivity index (χ2v) is 12.8. The molecule has 0 bridgehead atoms. The third-order valence-electron chi connectivity index (χ3n) is 2.30. The minimum Gasteiger partial charge on any atom is -0.261 e. The van der Waals surface area contributed by atoms with Crippen molar-refractivity contribution in [3.63, 3.8) is 0 Å². The summed E-state index contributed by atoms with van der Waals surface area (Å²) in [5.41, 5.74) is 0. The molecule has 130 valence electrons. The summed E-state index contributed by atoms with van der Waals surface area (Å²) in [5.74, 6) is -0.142. The van der Waals surface area contributed by atoms with Gasteiger partial charge in [0.15, 0.2) is 0 Å². The van der Waals surface area contributed by atoms with Gasteiger partial charge in [-0.15, -0.1) is 0 Å². The van der Waals surface area contributed by atoms with E-state index in [2.05, 4.69) is 0 Å². The number of hydrogen-bond acceptors (Lipinski definition) is 8. The van der Waals surface area contributed by atoms with Crippen LogP contribution in [-0.4, -0.2) is 56.7 Å². The van der Waals surface area contributed by atoms with Gasteiger partial charge in [-0.05, 0) is 12.8 Å². The van der Waals surface area contributed by atoms with Gasteiger partial charge in [-0.2, -0.15) is 0 Å². The second kappa shape index (κ2) is 9.76. The minimum atomic E-state index is -3.40. The molecular weight excluding hydrogens is 499 g/mol. The predicted octanol–water partition coefficient (Wildman–Crippen LogP) is -4.32. The van der Waals surface area contributed by atoms with Gasteiger partial charge in [-0.25, -0.2) is 0 Å². The first-order chi connectivity index (χ1) is 8.83. The molecule has 8 nitrogen and oxygen atoms in total. The first-order valence-electron chi connectivity index (χ1n) is 5.43. The SMILES string of the molecule is O=S1(=O)[CH-]S(=O)(=O)CCC1.O=S1(=O)[CH-]S(=O)(=O)CCC1.[Ag+].[K+]. The zero-order valence-corrected chi connectivity index (χ0v) is 19.5. The summed E-state index contributed by atoms with van der Waals surface area (Å²) in [6, 6.07) is 0. The standard InChI is InChI=1S/2C4H7O4S2.Ag.K/c2*5-9(6)2-1-3-10(7,8)4-9;;/h2*4H,1-3H2;;/q2*-1;2*+1. The molecule has 2 aliphatic heterocycles. The Hall–Kier alpha value is 2.18. The summed E-state index contributed by atoms with van der Waals surface area (Å²) >= 11 is 0. The van der Waals surface area contributed by atoms with Crippen LogP contribution in [0.25, 0.3) is 0 Å². The van der Waals surface area contributed by atoms with Crippen LogP contribution in [0.3, 0.4) is 0 Å². The smallest absolute Gasteiger partial charge is 0.261 e. The zero-order valence-electron chi connectivity index (χ0n) is 11.6. The first kappa shape index (κ1) is 26.4. The molecule has 2 saturated heterocycles. The van der Waals surface area contributed by atoms with Crippen molar-refractivity contribution in [2.24, 2.45) is 0 Å². The van der Waals surface area contributed by atoms with E-state index < -0.39 is 39.3 Å². The third-order valence-corrected chi connectivity index (χ3v) is 10.4. The van der Waals surface area contributed by atoms with Crippen molar-refractivity contribution in [2.75, 3.05) is 23.0 Å². The molecule has 14 heteroatoms. The Bertz CT molecular complexity index is 634. The van der Waals surface area contributed by atoms with Gasteiger partial charge in [0.25, 0.3) is 0 Å². The van der Waals surface area contributed by atoms with Crippen molar-refractivity contribution in [3.8, 4) is 0 Å². The van der Waals surface area contributed by atoms with Gasteiger partial charge < -0.3 is 0 Å². The van der Waals surface area contributed by atoms with Gasteiger partial charge in [0.05, 0.1) is 0 Å². The minimum absolute atomic E-state index is 0. The molecule has 0 aliphatic carbocycles. The summed E-state index contributed by atoms with van der Waals surface area (Å²) in [7, 11) is -13.6. The molecule has 0 N–H and O–H groups in total. The van der Waals surface area contributed by atoms with Gasteiger partial charge >= 0.3 is 73.8 Å². The maximum Gasteiger partial charge on any atom is 1.00 e. The van der Waals surface area contributed by atoms with Crippen LogP contribution in [0.4, 0.5) is 0 Å². The van der Waals surface area contributed by atoms with Crippen molar-refractivity contribution >= 4 is 39.3 Å². The Morgan fingerprint density at radius 3 is 0.773 bits per heavy atom. The number of rotatable bonds is 0. The molecule has 0 aromatic heterocycles. The third kappa shape index (κ3) is 10.9. The van der Waals surface area contributed by atoms with Crippen molar-refractivity contribution in [1.82, 2.24) is 0 Å². The molecule has 0 unspecified atom stereocenters. The monoisotopic (exact) mass is 512 g/mol. The molecular formula is C8H14AgKO8S4. The molecule has 0 amide bonds. The predicted molar refractivity (Wildman–Crippen MR) is 73.0 cm³/mol. The van der Waals surface area contributed by atoms with Crippen LogP contribution in [0.1, 0.15) is 12.8 Å². The molecule has 0 aromatic rings. The van der Waals surface area contributed by atoms with Crippen molar-refractivity contribution in [2.45, 2.75) is 12.8 Å². The van der Waals surface area contributed by atoms with Gasteiger partial charge in [-0.3, -0.25) is 33.7 Å². The Labute approximate surface area is 189 Å². The van der Waals surface area contributed by atoms with Crippen LogP contribution in [0, 0.1) is 10.2 Å². The van der Waals surface area contributed by atoms with Crippen LogP contribution in [-0.2, 0) is 61.7 Å². The van der Waals surface area contributed by atoms with Crippen LogP contribution < -0.4 is 51.4 Å². The summed E-state index contributed by atoms with van der Waals surface area (Å²) in [5, 5.41) is 0.924. The molecule has 22 heavy (non-hydrogen) atoms. The fourth-order valence-corrected chi connectivity index (χ4v) is 9.23. The maximum atomic E-state index is 10.6. The van der Waals surface area contributed by atoms with Gasteiger partial charge in [-0.1, -0.05) is 10.2 Å². The van der Waals surface area contributed by atoms with Crippen molar-refractivity contribution in [3.05, 3.63) is 10.2 Å². The van der Waals surface area contributed by atoms with E-state index in [1.165, 1.54) is 0 Å². The Morgan fingerprint density at radius 1 is 0.500 bits per heavy atom. The zero-order chi connectivity index (χ0) is 15.7. The van der Waals surface area contributed by atoms with Gasteiger partial charge in [0.2, 0.25) is 0 Å². The molecule has 0 spiro atoms. The molecule has 2 fully saturated rings. The van der Waals surface area contributed by atoms with Crippen LogP contribution >= 0.6 is 0 Å². The van der Waals surface area contributed by atoms with E-state index in [4.69, 9.17) is 0 Å². The number of hydrogen-bond donors (Lipinski definition) is 0. The summed E-state index contributed by atoms with van der Waals surface area (Å²) in [6.45, 7) is 0. The average molecular weight is 513 g/mol. The molecule has 0 aromatic carbocycles. The molecule has 2 heterocycles. The number of sulfone groups is 4. The summed E-state index contributed by atoms with van der Waals surface area (Å²) in [4.78, 5) is 0. The Kier molecular flexibility index (Phi) is 11.7. The molecule has 0 atom stereocenters. The van der Waals surface area contributed by atoms with Crippen molar-refractivity contribution < 1.29 is 107 Å². The van der Waals surface area contributed by atoms with Gasteiger partial charge in [0, 0.05) is 62.4 Å². The molecule has 2 aliphatic rings. The molecule has 0 saturated carbocycles. The Morgan fingerprint density at radius 2 is 0.682 bits per heavy atom. The second-order valence-electron chi connectivity index (χ2n) is 4.37. The quantitative estimate of drug-likeness (QED) is 0.234. The van der Waals surface area contributed by atoms with Gasteiger partial charge in [0.1, 0.15) is 0 Å². The maximum absolute atomic E-state index is 10.6. The first-order valence-corrected chi connectivity index (χ1v) is 12.3.